The molecule has 0 aliphatic heterocycles. The van der Waals surface area contributed by atoms with Crippen molar-refractivity contribution in [3.8, 4) is 0 Å². The quantitative estimate of drug-likeness (QED) is 0.366. The lowest BCUT2D eigenvalue weighted by molar-refractivity contribution is 0.898. The summed E-state index contributed by atoms with van der Waals surface area (Å²) in [4.78, 5) is 0. The molecular weight excluding hydrogens is 222 g/mol. The molecule has 1 heterocycles. The Morgan fingerprint density at radius 3 is 3.12 bits per heavy atom. The van der Waals surface area contributed by atoms with Crippen LogP contribution in [0.1, 0.15) is 25.3 Å². The van der Waals surface area contributed by atoms with E-state index in [9.17, 15) is 0 Å². The highest BCUT2D eigenvalue weighted by Gasteiger charge is 1.92. The van der Waals surface area contributed by atoms with Gasteiger partial charge in [0, 0.05) is 11.3 Å². The average Bonchev–Trinajstić information content (AvgIpc) is 2.31. The Bertz CT molecular complexity index is 349. The second-order valence-corrected chi connectivity index (χ2v) is 4.18. The van der Waals surface area contributed by atoms with E-state index in [-0.39, 0.29) is 0 Å². The number of nitrogens with zero attached hydrogens (tertiary/aromatic N) is 4. The van der Waals surface area contributed by atoms with E-state index in [2.05, 4.69) is 27.3 Å². The van der Waals surface area contributed by atoms with Crippen molar-refractivity contribution < 1.29 is 0 Å². The van der Waals surface area contributed by atoms with Gasteiger partial charge in [0.1, 0.15) is 0 Å². The number of aromatic nitrogens is 2. The van der Waals surface area contributed by atoms with Gasteiger partial charge in [0.05, 0.1) is 18.6 Å². The zero-order valence-electron chi connectivity index (χ0n) is 9.21. The number of hydrogen-bond donors (Lipinski definition) is 1. The smallest absolute Gasteiger partial charge is 0.180 e. The summed E-state index contributed by atoms with van der Waals surface area (Å²) in [5.74, 6) is 0.984. The second kappa shape index (κ2) is 7.81. The molecule has 0 spiro atoms. The van der Waals surface area contributed by atoms with Crippen molar-refractivity contribution in [2.75, 3.05) is 5.75 Å². The average molecular weight is 237 g/mol. The van der Waals surface area contributed by atoms with Crippen molar-refractivity contribution in [2.24, 2.45) is 15.9 Å². The Hall–Kier alpha value is -1.43. The van der Waals surface area contributed by atoms with Crippen LogP contribution in [0.15, 0.2) is 28.7 Å². The second-order valence-electron chi connectivity index (χ2n) is 3.06. The molecule has 5 nitrogen and oxygen atoms in total. The number of unbranched alkanes of at least 4 members (excludes halogenated alkanes) is 1. The van der Waals surface area contributed by atoms with Crippen molar-refractivity contribution in [2.45, 2.75) is 19.8 Å². The fourth-order valence-electron chi connectivity index (χ4n) is 0.880. The summed E-state index contributed by atoms with van der Waals surface area (Å²) >= 11 is 1.52. The molecule has 86 valence electrons. The zero-order chi connectivity index (χ0) is 11.6. The molecule has 1 aromatic heterocycles. The number of amidine groups is 1. The predicted molar refractivity (Wildman–Crippen MR) is 68.6 cm³/mol. The van der Waals surface area contributed by atoms with Crippen LogP contribution in [0.5, 0.6) is 0 Å². The maximum atomic E-state index is 5.65. The molecular formula is C10H15N5S. The highest BCUT2D eigenvalue weighted by atomic mass is 32.2. The van der Waals surface area contributed by atoms with E-state index in [1.165, 1.54) is 11.8 Å². The van der Waals surface area contributed by atoms with E-state index in [1.54, 1.807) is 24.7 Å². The number of nitrogens with two attached hydrogens (primary N) is 1. The normalized spacial score (nSPS) is 12.2. The molecule has 0 aliphatic rings. The number of rotatable bonds is 5. The summed E-state index contributed by atoms with van der Waals surface area (Å²) in [7, 11) is 0. The molecule has 16 heavy (non-hydrogen) atoms. The summed E-state index contributed by atoms with van der Waals surface area (Å²) in [5, 5.41) is 15.6. The Kier molecular flexibility index (Phi) is 6.17. The SMILES string of the molecule is CCCCS/C(N)=N\N=C\c1ccnnc1. The van der Waals surface area contributed by atoms with Crippen LogP contribution in [0.4, 0.5) is 0 Å². The van der Waals surface area contributed by atoms with Crippen molar-refractivity contribution in [1.29, 1.82) is 0 Å². The van der Waals surface area contributed by atoms with Crippen LogP contribution < -0.4 is 5.73 Å². The van der Waals surface area contributed by atoms with Crippen molar-refractivity contribution >= 4 is 23.1 Å². The van der Waals surface area contributed by atoms with Crippen molar-refractivity contribution in [3.63, 3.8) is 0 Å². The van der Waals surface area contributed by atoms with E-state index in [1.807, 2.05) is 0 Å². The van der Waals surface area contributed by atoms with Gasteiger partial charge in [0.25, 0.3) is 0 Å². The minimum atomic E-state index is 0.492. The maximum absolute atomic E-state index is 5.65. The highest BCUT2D eigenvalue weighted by molar-refractivity contribution is 8.13. The molecule has 6 heteroatoms. The van der Waals surface area contributed by atoms with Crippen LogP contribution in [0.3, 0.4) is 0 Å². The topological polar surface area (TPSA) is 76.5 Å². The molecule has 1 rings (SSSR count). The van der Waals surface area contributed by atoms with Gasteiger partial charge in [0.15, 0.2) is 5.17 Å². The van der Waals surface area contributed by atoms with Crippen LogP contribution in [0, 0.1) is 0 Å². The van der Waals surface area contributed by atoms with Crippen LogP contribution in [0.2, 0.25) is 0 Å². The van der Waals surface area contributed by atoms with Crippen LogP contribution in [-0.2, 0) is 0 Å². The molecule has 0 saturated carbocycles. The lowest BCUT2D eigenvalue weighted by atomic mass is 10.3. The molecule has 0 aliphatic carbocycles. The lowest BCUT2D eigenvalue weighted by Crippen LogP contribution is -2.06. The molecule has 0 atom stereocenters. The third kappa shape index (κ3) is 5.45. The van der Waals surface area contributed by atoms with E-state index in [0.29, 0.717) is 5.17 Å². The summed E-state index contributed by atoms with van der Waals surface area (Å²) in [6.45, 7) is 2.14. The van der Waals surface area contributed by atoms with Gasteiger partial charge in [-0.25, -0.2) is 0 Å². The molecule has 0 bridgehead atoms. The standard InChI is InChI=1S/C10H15N5S/c1-2-3-6-16-10(11)15-14-8-9-4-5-12-13-7-9/h4-5,7-8H,2-3,6H2,1H3,(H2,11,15)/b14-8+. The largest absolute Gasteiger partial charge is 0.377 e. The minimum absolute atomic E-state index is 0.492. The Balaban J connectivity index is 2.37. The maximum Gasteiger partial charge on any atom is 0.180 e. The van der Waals surface area contributed by atoms with Crippen molar-refractivity contribution in [1.82, 2.24) is 10.2 Å². The molecule has 0 radical (unpaired) electrons. The first kappa shape index (κ1) is 12.6. The summed E-state index contributed by atoms with van der Waals surface area (Å²) in [5.41, 5.74) is 6.50. The molecule has 0 unspecified atom stereocenters. The summed E-state index contributed by atoms with van der Waals surface area (Å²) in [6, 6.07) is 1.80. The molecule has 0 fully saturated rings. The zero-order valence-corrected chi connectivity index (χ0v) is 10.0. The number of thioether (sulfide) groups is 1. The van der Waals surface area contributed by atoms with Gasteiger partial charge < -0.3 is 5.73 Å². The Morgan fingerprint density at radius 1 is 1.56 bits per heavy atom. The van der Waals surface area contributed by atoms with E-state index in [4.69, 9.17) is 5.73 Å². The summed E-state index contributed by atoms with van der Waals surface area (Å²) in [6.07, 6.45) is 7.11. The van der Waals surface area contributed by atoms with Gasteiger partial charge in [-0.1, -0.05) is 25.1 Å². The van der Waals surface area contributed by atoms with Gasteiger partial charge in [0.2, 0.25) is 0 Å². The van der Waals surface area contributed by atoms with Crippen LogP contribution >= 0.6 is 11.8 Å². The summed E-state index contributed by atoms with van der Waals surface area (Å²) < 4.78 is 0. The van der Waals surface area contributed by atoms with Crippen molar-refractivity contribution in [3.05, 3.63) is 24.0 Å². The molecule has 0 aromatic carbocycles. The van der Waals surface area contributed by atoms with E-state index < -0.39 is 0 Å². The van der Waals surface area contributed by atoms with Gasteiger partial charge >= 0.3 is 0 Å². The van der Waals surface area contributed by atoms with Gasteiger partial charge in [-0.2, -0.15) is 15.3 Å². The van der Waals surface area contributed by atoms with Crippen LogP contribution in [-0.4, -0.2) is 27.3 Å². The van der Waals surface area contributed by atoms with Gasteiger partial charge in [-0.05, 0) is 12.5 Å². The Labute approximate surface area is 99.3 Å². The molecule has 0 amide bonds. The molecule has 2 N–H and O–H groups in total. The highest BCUT2D eigenvalue weighted by Crippen LogP contribution is 2.04. The third-order valence-corrected chi connectivity index (χ3v) is 2.59. The van der Waals surface area contributed by atoms with Crippen LogP contribution in [0.25, 0.3) is 0 Å². The van der Waals surface area contributed by atoms with E-state index in [0.717, 1.165) is 24.2 Å². The third-order valence-electron chi connectivity index (χ3n) is 1.72. The fourth-order valence-corrected chi connectivity index (χ4v) is 1.63. The predicted octanol–water partition coefficient (Wildman–Crippen LogP) is 1.66. The fraction of sp³-hybridized carbons (Fsp3) is 0.400. The Morgan fingerprint density at radius 2 is 2.44 bits per heavy atom. The molecule has 0 saturated heterocycles. The first-order valence-electron chi connectivity index (χ1n) is 5.09. The monoisotopic (exact) mass is 237 g/mol. The number of hydrogen-bond acceptors (Lipinski definition) is 5. The molecule has 1 aromatic rings. The lowest BCUT2D eigenvalue weighted by Gasteiger charge is -1.95. The first-order chi connectivity index (χ1) is 7.83. The first-order valence-corrected chi connectivity index (χ1v) is 6.07. The van der Waals surface area contributed by atoms with E-state index >= 15 is 0 Å². The van der Waals surface area contributed by atoms with Gasteiger partial charge in [-0.15, -0.1) is 5.10 Å². The minimum Gasteiger partial charge on any atom is -0.377 e. The van der Waals surface area contributed by atoms with Gasteiger partial charge in [-0.3, -0.25) is 0 Å².